The van der Waals surface area contributed by atoms with E-state index in [-0.39, 0.29) is 12.5 Å². The Morgan fingerprint density at radius 2 is 1.86 bits per heavy atom. The van der Waals surface area contributed by atoms with E-state index in [1.165, 1.54) is 0 Å². The smallest absolute Gasteiger partial charge is 0.240 e. The van der Waals surface area contributed by atoms with Crippen molar-refractivity contribution in [1.29, 1.82) is 0 Å². The summed E-state index contributed by atoms with van der Waals surface area (Å²) in [6.45, 7) is 1.58. The lowest BCUT2D eigenvalue weighted by Crippen LogP contribution is -2.26. The summed E-state index contributed by atoms with van der Waals surface area (Å²) < 4.78 is 23.5. The van der Waals surface area contributed by atoms with E-state index in [1.807, 2.05) is 30.3 Å². The van der Waals surface area contributed by atoms with Gasteiger partial charge in [0.25, 0.3) is 0 Å². The van der Waals surface area contributed by atoms with Crippen molar-refractivity contribution in [3.8, 4) is 23.0 Å². The Morgan fingerprint density at radius 1 is 1.11 bits per heavy atom. The van der Waals surface area contributed by atoms with Gasteiger partial charge in [-0.3, -0.25) is 4.79 Å². The van der Waals surface area contributed by atoms with Gasteiger partial charge in [0.1, 0.15) is 19.8 Å². The molecule has 0 aliphatic carbocycles. The molecule has 3 aromatic rings. The maximum absolute atomic E-state index is 12.4. The van der Waals surface area contributed by atoms with Gasteiger partial charge in [-0.25, -0.2) is 4.98 Å². The minimum Gasteiger partial charge on any atom is -0.493 e. The highest BCUT2D eigenvalue weighted by Gasteiger charge is 2.16. The molecule has 2 heterocycles. The average molecular weight is 383 g/mol. The first-order valence-corrected chi connectivity index (χ1v) is 8.90. The van der Waals surface area contributed by atoms with E-state index in [9.17, 15) is 4.79 Å². The van der Waals surface area contributed by atoms with Crippen LogP contribution in [0.15, 0.2) is 36.7 Å². The van der Waals surface area contributed by atoms with Crippen LogP contribution in [0.5, 0.6) is 23.0 Å². The minimum atomic E-state index is -0.121. The summed E-state index contributed by atoms with van der Waals surface area (Å²) in [6, 6.07) is 9.24. The highest BCUT2D eigenvalue weighted by atomic mass is 16.6. The number of carbonyl (C=O) groups is 1. The van der Waals surface area contributed by atoms with E-state index in [1.54, 1.807) is 25.1 Å². The molecule has 28 heavy (non-hydrogen) atoms. The zero-order valence-electron chi connectivity index (χ0n) is 15.7. The molecule has 0 saturated heterocycles. The number of benzene rings is 2. The molecule has 1 aromatic heterocycles. The Bertz CT molecular complexity index is 1010. The van der Waals surface area contributed by atoms with Crippen LogP contribution < -0.4 is 24.3 Å². The standard InChI is InChI=1S/C20H21N3O5/c1-25-16-4-3-13(7-17(16)26-2)10-21-20(24)11-23-12-22-14-8-18-19(9-15(14)23)28-6-5-27-18/h3-4,7-9,12H,5-6,10-11H2,1-2H3,(H,21,24). The summed E-state index contributed by atoms with van der Waals surface area (Å²) in [5, 5.41) is 2.91. The van der Waals surface area contributed by atoms with Crippen molar-refractivity contribution in [1.82, 2.24) is 14.9 Å². The molecule has 4 rings (SSSR count). The van der Waals surface area contributed by atoms with Crippen LogP contribution in [0, 0.1) is 0 Å². The summed E-state index contributed by atoms with van der Waals surface area (Å²) in [5.41, 5.74) is 2.50. The summed E-state index contributed by atoms with van der Waals surface area (Å²) in [6.07, 6.45) is 1.64. The Labute approximate surface area is 162 Å². The molecule has 0 bridgehead atoms. The number of imidazole rings is 1. The fraction of sp³-hybridized carbons (Fsp3) is 0.300. The lowest BCUT2D eigenvalue weighted by atomic mass is 10.2. The van der Waals surface area contributed by atoms with Crippen LogP contribution in [0.2, 0.25) is 0 Å². The van der Waals surface area contributed by atoms with E-state index in [2.05, 4.69) is 10.3 Å². The van der Waals surface area contributed by atoms with Crippen LogP contribution in [0.25, 0.3) is 11.0 Å². The van der Waals surface area contributed by atoms with Crippen molar-refractivity contribution in [2.24, 2.45) is 0 Å². The van der Waals surface area contributed by atoms with Crippen molar-refractivity contribution in [3.63, 3.8) is 0 Å². The first-order chi connectivity index (χ1) is 13.7. The van der Waals surface area contributed by atoms with Crippen LogP contribution in [-0.4, -0.2) is 42.9 Å². The van der Waals surface area contributed by atoms with Gasteiger partial charge in [-0.2, -0.15) is 0 Å². The predicted molar refractivity (Wildman–Crippen MR) is 102 cm³/mol. The monoisotopic (exact) mass is 383 g/mol. The Morgan fingerprint density at radius 3 is 2.61 bits per heavy atom. The highest BCUT2D eigenvalue weighted by Crippen LogP contribution is 2.34. The molecule has 1 amide bonds. The van der Waals surface area contributed by atoms with Gasteiger partial charge in [-0.05, 0) is 17.7 Å². The van der Waals surface area contributed by atoms with Gasteiger partial charge >= 0.3 is 0 Å². The normalized spacial score (nSPS) is 12.6. The molecule has 8 nitrogen and oxygen atoms in total. The van der Waals surface area contributed by atoms with E-state index < -0.39 is 0 Å². The fourth-order valence-corrected chi connectivity index (χ4v) is 3.12. The fourth-order valence-electron chi connectivity index (χ4n) is 3.12. The van der Waals surface area contributed by atoms with Crippen molar-refractivity contribution in [2.75, 3.05) is 27.4 Å². The molecule has 0 radical (unpaired) electrons. The SMILES string of the molecule is COc1ccc(CNC(=O)Cn2cnc3cc4c(cc32)OCCO4)cc1OC. The number of methoxy groups -OCH3 is 2. The molecule has 0 spiro atoms. The van der Waals surface area contributed by atoms with Crippen LogP contribution in [0.3, 0.4) is 0 Å². The number of fused-ring (bicyclic) bond motifs is 2. The number of hydrogen-bond acceptors (Lipinski definition) is 6. The van der Waals surface area contributed by atoms with Gasteiger partial charge in [0.2, 0.25) is 5.91 Å². The Hall–Kier alpha value is -3.42. The van der Waals surface area contributed by atoms with Crippen molar-refractivity contribution >= 4 is 16.9 Å². The number of ether oxygens (including phenoxy) is 4. The maximum Gasteiger partial charge on any atom is 0.240 e. The van der Waals surface area contributed by atoms with Gasteiger partial charge in [-0.1, -0.05) is 6.07 Å². The number of carbonyl (C=O) groups excluding carboxylic acids is 1. The van der Waals surface area contributed by atoms with Crippen molar-refractivity contribution in [3.05, 3.63) is 42.2 Å². The average Bonchev–Trinajstić information content (AvgIpc) is 3.11. The lowest BCUT2D eigenvalue weighted by Gasteiger charge is -2.18. The third-order valence-electron chi connectivity index (χ3n) is 4.54. The number of amides is 1. The number of aromatic nitrogens is 2. The second kappa shape index (κ2) is 7.67. The maximum atomic E-state index is 12.4. The Balaban J connectivity index is 1.44. The predicted octanol–water partition coefficient (Wildman–Crippen LogP) is 2.14. The van der Waals surface area contributed by atoms with Crippen LogP contribution in [0.4, 0.5) is 0 Å². The van der Waals surface area contributed by atoms with E-state index in [0.29, 0.717) is 42.8 Å². The van der Waals surface area contributed by atoms with Gasteiger partial charge in [0.05, 0.1) is 31.6 Å². The molecule has 2 aromatic carbocycles. The van der Waals surface area contributed by atoms with Gasteiger partial charge < -0.3 is 28.8 Å². The largest absolute Gasteiger partial charge is 0.493 e. The van der Waals surface area contributed by atoms with Gasteiger partial charge in [0.15, 0.2) is 23.0 Å². The summed E-state index contributed by atoms with van der Waals surface area (Å²) >= 11 is 0. The molecule has 0 fully saturated rings. The second-order valence-corrected chi connectivity index (χ2v) is 6.32. The second-order valence-electron chi connectivity index (χ2n) is 6.32. The summed E-state index contributed by atoms with van der Waals surface area (Å²) in [4.78, 5) is 16.8. The molecular weight excluding hydrogens is 362 g/mol. The number of nitrogens with zero attached hydrogens (tertiary/aromatic N) is 2. The zero-order chi connectivity index (χ0) is 19.5. The zero-order valence-corrected chi connectivity index (χ0v) is 15.7. The van der Waals surface area contributed by atoms with Crippen molar-refractivity contribution < 1.29 is 23.7 Å². The third-order valence-corrected chi connectivity index (χ3v) is 4.54. The van der Waals surface area contributed by atoms with Crippen molar-refractivity contribution in [2.45, 2.75) is 13.1 Å². The minimum absolute atomic E-state index is 0.121. The van der Waals surface area contributed by atoms with E-state index in [4.69, 9.17) is 18.9 Å². The molecule has 1 aliphatic rings. The van der Waals surface area contributed by atoms with E-state index >= 15 is 0 Å². The molecule has 0 atom stereocenters. The molecule has 1 aliphatic heterocycles. The Kier molecular flexibility index (Phi) is 4.92. The number of nitrogens with one attached hydrogen (secondary N) is 1. The molecular formula is C20H21N3O5. The van der Waals surface area contributed by atoms with Crippen LogP contribution >= 0.6 is 0 Å². The summed E-state index contributed by atoms with van der Waals surface area (Å²) in [5.74, 6) is 2.51. The highest BCUT2D eigenvalue weighted by molar-refractivity contribution is 5.83. The third kappa shape index (κ3) is 3.53. The van der Waals surface area contributed by atoms with Crippen LogP contribution in [0.1, 0.15) is 5.56 Å². The quantitative estimate of drug-likeness (QED) is 0.702. The molecule has 1 N–H and O–H groups in total. The van der Waals surface area contributed by atoms with Crippen LogP contribution in [-0.2, 0) is 17.9 Å². The van der Waals surface area contributed by atoms with E-state index in [0.717, 1.165) is 16.6 Å². The number of hydrogen-bond donors (Lipinski definition) is 1. The lowest BCUT2D eigenvalue weighted by molar-refractivity contribution is -0.121. The number of rotatable bonds is 6. The molecule has 8 heteroatoms. The van der Waals surface area contributed by atoms with Gasteiger partial charge in [0, 0.05) is 18.7 Å². The first kappa shape index (κ1) is 18.0. The first-order valence-electron chi connectivity index (χ1n) is 8.90. The summed E-state index contributed by atoms with van der Waals surface area (Å²) in [7, 11) is 3.17. The van der Waals surface area contributed by atoms with Gasteiger partial charge in [-0.15, -0.1) is 0 Å². The molecule has 0 unspecified atom stereocenters. The topological polar surface area (TPSA) is 83.8 Å². The molecule has 146 valence electrons. The molecule has 0 saturated carbocycles.